The van der Waals surface area contributed by atoms with Gasteiger partial charge in [-0.2, -0.15) is 0 Å². The molecule has 0 amide bonds. The minimum Gasteiger partial charge on any atom is -0.388 e. The maximum atomic E-state index is 13.5. The number of halogens is 6. The predicted octanol–water partition coefficient (Wildman–Crippen LogP) is 3.60. The molecular formula is C13H17ClF5NO. The lowest BCUT2D eigenvalue weighted by Crippen LogP contribution is -2.36. The molecule has 0 heterocycles. The molecule has 0 aromatic heterocycles. The molecular weight excluding hydrogens is 317 g/mol. The second-order valence-corrected chi connectivity index (χ2v) is 5.71. The second kappa shape index (κ2) is 6.89. The van der Waals surface area contributed by atoms with Gasteiger partial charge in [-0.25, -0.2) is 22.0 Å². The monoisotopic (exact) mass is 333 g/mol. The normalized spacial score (nSPS) is 14.6. The van der Waals surface area contributed by atoms with Gasteiger partial charge in [0.15, 0.2) is 23.3 Å². The Morgan fingerprint density at radius 3 is 1.57 bits per heavy atom. The van der Waals surface area contributed by atoms with Gasteiger partial charge >= 0.3 is 0 Å². The average molecular weight is 334 g/mol. The van der Waals surface area contributed by atoms with Crippen LogP contribution >= 0.6 is 12.4 Å². The Balaban J connectivity index is 0.00000400. The van der Waals surface area contributed by atoms with Crippen molar-refractivity contribution in [3.63, 3.8) is 0 Å². The zero-order chi connectivity index (χ0) is 15.8. The lowest BCUT2D eigenvalue weighted by Gasteiger charge is -2.29. The Kier molecular flexibility index (Phi) is 6.59. The number of hydrogen-bond donors (Lipinski definition) is 2. The van der Waals surface area contributed by atoms with Crippen molar-refractivity contribution in [3.8, 4) is 0 Å². The van der Waals surface area contributed by atoms with E-state index in [9.17, 15) is 27.1 Å². The highest BCUT2D eigenvalue weighted by Crippen LogP contribution is 2.32. The zero-order valence-corrected chi connectivity index (χ0v) is 12.5. The number of hydrogen-bond acceptors (Lipinski definition) is 2. The Labute approximate surface area is 125 Å². The van der Waals surface area contributed by atoms with E-state index >= 15 is 0 Å². The molecule has 1 rings (SSSR count). The van der Waals surface area contributed by atoms with E-state index in [1.165, 1.54) is 0 Å². The second-order valence-electron chi connectivity index (χ2n) is 5.71. The SMILES string of the molecule is CC(C)(C)[C@@H](N)C[C@@H](O)c1c(F)c(F)c(F)c(F)c1F.Cl. The Morgan fingerprint density at radius 2 is 1.24 bits per heavy atom. The summed E-state index contributed by atoms with van der Waals surface area (Å²) in [6.45, 7) is 5.18. The van der Waals surface area contributed by atoms with E-state index in [4.69, 9.17) is 5.73 Å². The maximum Gasteiger partial charge on any atom is 0.200 e. The Morgan fingerprint density at radius 1 is 0.905 bits per heavy atom. The first-order valence-corrected chi connectivity index (χ1v) is 5.93. The fourth-order valence-electron chi connectivity index (χ4n) is 1.63. The summed E-state index contributed by atoms with van der Waals surface area (Å²) >= 11 is 0. The molecule has 0 aliphatic carbocycles. The van der Waals surface area contributed by atoms with E-state index in [0.29, 0.717) is 0 Å². The molecule has 0 saturated heterocycles. The third-order valence-corrected chi connectivity index (χ3v) is 3.17. The molecule has 0 fully saturated rings. The molecule has 1 aromatic carbocycles. The summed E-state index contributed by atoms with van der Waals surface area (Å²) in [7, 11) is 0. The largest absolute Gasteiger partial charge is 0.388 e. The topological polar surface area (TPSA) is 46.2 Å². The van der Waals surface area contributed by atoms with Crippen LogP contribution in [-0.4, -0.2) is 11.1 Å². The van der Waals surface area contributed by atoms with Gasteiger partial charge in [-0.15, -0.1) is 12.4 Å². The van der Waals surface area contributed by atoms with E-state index in [2.05, 4.69) is 0 Å². The number of nitrogens with two attached hydrogens (primary N) is 1. The summed E-state index contributed by atoms with van der Waals surface area (Å²) in [6, 6.07) is -0.688. The van der Waals surface area contributed by atoms with Crippen LogP contribution in [0, 0.1) is 34.5 Å². The lowest BCUT2D eigenvalue weighted by atomic mass is 9.83. The Hall–Kier alpha value is -0.920. The first kappa shape index (κ1) is 20.1. The van der Waals surface area contributed by atoms with Gasteiger partial charge in [-0.05, 0) is 11.8 Å². The summed E-state index contributed by atoms with van der Waals surface area (Å²) in [5.41, 5.74) is 3.98. The molecule has 21 heavy (non-hydrogen) atoms. The minimum absolute atomic E-state index is 0. The molecule has 0 bridgehead atoms. The summed E-state index contributed by atoms with van der Waals surface area (Å²) in [5.74, 6) is -10.5. The molecule has 2 atom stereocenters. The van der Waals surface area contributed by atoms with Crippen molar-refractivity contribution >= 4 is 12.4 Å². The van der Waals surface area contributed by atoms with E-state index in [0.717, 1.165) is 0 Å². The molecule has 1 aromatic rings. The van der Waals surface area contributed by atoms with Crippen LogP contribution in [0.1, 0.15) is 38.9 Å². The fraction of sp³-hybridized carbons (Fsp3) is 0.538. The van der Waals surface area contributed by atoms with Crippen LogP contribution in [0.15, 0.2) is 0 Å². The third-order valence-electron chi connectivity index (χ3n) is 3.17. The molecule has 8 heteroatoms. The summed E-state index contributed by atoms with van der Waals surface area (Å²) in [4.78, 5) is 0. The number of aliphatic hydroxyl groups is 1. The molecule has 0 aliphatic rings. The van der Waals surface area contributed by atoms with Crippen LogP contribution in [-0.2, 0) is 0 Å². The van der Waals surface area contributed by atoms with Crippen LogP contribution < -0.4 is 5.73 Å². The van der Waals surface area contributed by atoms with Crippen molar-refractivity contribution < 1.29 is 27.1 Å². The van der Waals surface area contributed by atoms with Gasteiger partial charge in [0, 0.05) is 6.04 Å². The van der Waals surface area contributed by atoms with Crippen molar-refractivity contribution in [2.45, 2.75) is 39.3 Å². The van der Waals surface area contributed by atoms with Crippen LogP contribution in [0.25, 0.3) is 0 Å². The summed E-state index contributed by atoms with van der Waals surface area (Å²) < 4.78 is 65.9. The van der Waals surface area contributed by atoms with Crippen LogP contribution in [0.3, 0.4) is 0 Å². The molecule has 0 spiro atoms. The summed E-state index contributed by atoms with van der Waals surface area (Å²) in [6.07, 6.45) is -2.21. The number of rotatable bonds is 3. The minimum atomic E-state index is -2.25. The molecule has 0 saturated carbocycles. The predicted molar refractivity (Wildman–Crippen MR) is 70.5 cm³/mol. The van der Waals surface area contributed by atoms with E-state index in [1.54, 1.807) is 20.8 Å². The first-order valence-electron chi connectivity index (χ1n) is 5.93. The fourth-order valence-corrected chi connectivity index (χ4v) is 1.63. The van der Waals surface area contributed by atoms with E-state index in [-0.39, 0.29) is 18.8 Å². The van der Waals surface area contributed by atoms with Crippen LogP contribution in [0.2, 0.25) is 0 Å². The van der Waals surface area contributed by atoms with Crippen molar-refractivity contribution in [1.82, 2.24) is 0 Å². The highest BCUT2D eigenvalue weighted by Gasteiger charge is 2.32. The number of benzene rings is 1. The van der Waals surface area contributed by atoms with Gasteiger partial charge in [-0.1, -0.05) is 20.8 Å². The van der Waals surface area contributed by atoms with Crippen molar-refractivity contribution in [2.24, 2.45) is 11.1 Å². The van der Waals surface area contributed by atoms with Crippen LogP contribution in [0.4, 0.5) is 22.0 Å². The summed E-state index contributed by atoms with van der Waals surface area (Å²) in [5, 5.41) is 9.74. The van der Waals surface area contributed by atoms with Crippen molar-refractivity contribution in [2.75, 3.05) is 0 Å². The molecule has 2 nitrogen and oxygen atoms in total. The number of aliphatic hydroxyl groups excluding tert-OH is 1. The smallest absolute Gasteiger partial charge is 0.200 e. The molecule has 0 aliphatic heterocycles. The molecule has 0 unspecified atom stereocenters. The van der Waals surface area contributed by atoms with Gasteiger partial charge in [0.2, 0.25) is 5.82 Å². The lowest BCUT2D eigenvalue weighted by molar-refractivity contribution is 0.123. The molecule has 3 N–H and O–H groups in total. The molecule has 0 radical (unpaired) electrons. The quantitative estimate of drug-likeness (QED) is 0.504. The van der Waals surface area contributed by atoms with E-state index in [1.807, 2.05) is 0 Å². The standard InChI is InChI=1S/C13H16F5NO.ClH/c1-13(2,3)6(19)4-5(20)7-8(14)10(16)12(18)11(17)9(7)15;/h5-6,20H,4,19H2,1-3H3;1H/t5-,6+;/m1./s1. The highest BCUT2D eigenvalue weighted by molar-refractivity contribution is 5.85. The van der Waals surface area contributed by atoms with Crippen molar-refractivity contribution in [1.29, 1.82) is 0 Å². The molecule has 122 valence electrons. The van der Waals surface area contributed by atoms with Gasteiger partial charge < -0.3 is 10.8 Å². The van der Waals surface area contributed by atoms with Gasteiger partial charge in [0.25, 0.3) is 0 Å². The first-order chi connectivity index (χ1) is 8.98. The third kappa shape index (κ3) is 4.05. The van der Waals surface area contributed by atoms with Crippen molar-refractivity contribution in [3.05, 3.63) is 34.6 Å². The highest BCUT2D eigenvalue weighted by atomic mass is 35.5. The van der Waals surface area contributed by atoms with Gasteiger partial charge in [0.1, 0.15) is 0 Å². The maximum absolute atomic E-state index is 13.5. The Bertz CT molecular complexity index is 489. The van der Waals surface area contributed by atoms with Gasteiger partial charge in [-0.3, -0.25) is 0 Å². The van der Waals surface area contributed by atoms with E-state index < -0.39 is 52.2 Å². The van der Waals surface area contributed by atoms with Crippen LogP contribution in [0.5, 0.6) is 0 Å². The zero-order valence-electron chi connectivity index (χ0n) is 11.7. The average Bonchev–Trinajstić information content (AvgIpc) is 2.33. The van der Waals surface area contributed by atoms with Gasteiger partial charge in [0.05, 0.1) is 11.7 Å².